The van der Waals surface area contributed by atoms with E-state index in [0.717, 1.165) is 5.69 Å². The summed E-state index contributed by atoms with van der Waals surface area (Å²) >= 11 is 0. The van der Waals surface area contributed by atoms with Gasteiger partial charge >= 0.3 is 0 Å². The number of hydrogen-bond acceptors (Lipinski definition) is 4. The molecular formula is C11H17N3O2. The Morgan fingerprint density at radius 2 is 2.12 bits per heavy atom. The summed E-state index contributed by atoms with van der Waals surface area (Å²) in [5.74, 6) is -0.263. The van der Waals surface area contributed by atoms with Crippen LogP contribution in [0.1, 0.15) is 36.5 Å². The van der Waals surface area contributed by atoms with Crippen LogP contribution in [0.15, 0.2) is 12.4 Å². The molecular weight excluding hydrogens is 206 g/mol. The molecule has 1 amide bonds. The first-order valence-corrected chi connectivity index (χ1v) is 5.26. The standard InChI is InChI=1S/C11H17N3O2/c1-7(4-9(3)15)14-11(16)10-6-12-8(2)5-13-10/h5-7,9,15H,4H2,1-3H3,(H,14,16). The maximum atomic E-state index is 11.7. The highest BCUT2D eigenvalue weighted by Crippen LogP contribution is 1.99. The Balaban J connectivity index is 2.55. The van der Waals surface area contributed by atoms with Gasteiger partial charge in [-0.3, -0.25) is 9.78 Å². The van der Waals surface area contributed by atoms with Gasteiger partial charge in [-0.05, 0) is 27.2 Å². The minimum atomic E-state index is -0.431. The van der Waals surface area contributed by atoms with E-state index >= 15 is 0 Å². The van der Waals surface area contributed by atoms with Gasteiger partial charge in [-0.15, -0.1) is 0 Å². The molecule has 0 aliphatic rings. The SMILES string of the molecule is Cc1cnc(C(=O)NC(C)CC(C)O)cn1. The van der Waals surface area contributed by atoms with Crippen LogP contribution in [0.3, 0.4) is 0 Å². The van der Waals surface area contributed by atoms with Crippen LogP contribution in [-0.4, -0.2) is 33.1 Å². The first-order chi connectivity index (χ1) is 7.49. The van der Waals surface area contributed by atoms with Gasteiger partial charge in [0.05, 0.1) is 18.0 Å². The normalized spacial score (nSPS) is 14.2. The Morgan fingerprint density at radius 3 is 2.62 bits per heavy atom. The topological polar surface area (TPSA) is 75.1 Å². The fourth-order valence-electron chi connectivity index (χ4n) is 1.38. The number of aryl methyl sites for hydroxylation is 1. The van der Waals surface area contributed by atoms with Crippen LogP contribution in [0.2, 0.25) is 0 Å². The number of nitrogens with zero attached hydrogens (tertiary/aromatic N) is 2. The van der Waals surface area contributed by atoms with Crippen LogP contribution >= 0.6 is 0 Å². The highest BCUT2D eigenvalue weighted by atomic mass is 16.3. The maximum absolute atomic E-state index is 11.7. The Bertz CT molecular complexity index is 349. The van der Waals surface area contributed by atoms with Gasteiger partial charge in [0, 0.05) is 12.2 Å². The summed E-state index contributed by atoms with van der Waals surface area (Å²) < 4.78 is 0. The third kappa shape index (κ3) is 3.94. The van der Waals surface area contributed by atoms with E-state index < -0.39 is 6.10 Å². The Labute approximate surface area is 94.9 Å². The van der Waals surface area contributed by atoms with Crippen LogP contribution in [0.4, 0.5) is 0 Å². The first kappa shape index (κ1) is 12.6. The average molecular weight is 223 g/mol. The number of hydrogen-bond donors (Lipinski definition) is 2. The quantitative estimate of drug-likeness (QED) is 0.787. The number of aliphatic hydroxyl groups is 1. The molecule has 2 N–H and O–H groups in total. The minimum Gasteiger partial charge on any atom is -0.393 e. The van der Waals surface area contributed by atoms with Gasteiger partial charge in [0.15, 0.2) is 0 Å². The van der Waals surface area contributed by atoms with Crippen LogP contribution in [-0.2, 0) is 0 Å². The lowest BCUT2D eigenvalue weighted by Gasteiger charge is -2.14. The number of rotatable bonds is 4. The lowest BCUT2D eigenvalue weighted by molar-refractivity contribution is 0.0917. The summed E-state index contributed by atoms with van der Waals surface area (Å²) in [7, 11) is 0. The maximum Gasteiger partial charge on any atom is 0.271 e. The van der Waals surface area contributed by atoms with Crippen LogP contribution < -0.4 is 5.32 Å². The molecule has 1 aromatic rings. The van der Waals surface area contributed by atoms with Crippen molar-refractivity contribution in [2.45, 2.75) is 39.3 Å². The average Bonchev–Trinajstić information content (AvgIpc) is 2.16. The van der Waals surface area contributed by atoms with Crippen molar-refractivity contribution in [3.63, 3.8) is 0 Å². The van der Waals surface area contributed by atoms with Crippen molar-refractivity contribution in [2.24, 2.45) is 0 Å². The molecule has 0 aliphatic heterocycles. The van der Waals surface area contributed by atoms with Crippen molar-refractivity contribution >= 4 is 5.91 Å². The monoisotopic (exact) mass is 223 g/mol. The fraction of sp³-hybridized carbons (Fsp3) is 0.545. The third-order valence-corrected chi connectivity index (χ3v) is 2.09. The number of nitrogens with one attached hydrogen (secondary N) is 1. The predicted molar refractivity (Wildman–Crippen MR) is 60.0 cm³/mol. The van der Waals surface area contributed by atoms with E-state index in [-0.39, 0.29) is 11.9 Å². The number of carbonyl (C=O) groups is 1. The van der Waals surface area contributed by atoms with Crippen molar-refractivity contribution in [3.8, 4) is 0 Å². The molecule has 0 fully saturated rings. The first-order valence-electron chi connectivity index (χ1n) is 5.26. The second-order valence-electron chi connectivity index (χ2n) is 4.00. The summed E-state index contributed by atoms with van der Waals surface area (Å²) in [5.41, 5.74) is 1.07. The lowest BCUT2D eigenvalue weighted by atomic mass is 10.1. The van der Waals surface area contributed by atoms with Crippen molar-refractivity contribution in [2.75, 3.05) is 0 Å². The van der Waals surface area contributed by atoms with Gasteiger partial charge in [0.2, 0.25) is 0 Å². The molecule has 88 valence electrons. The molecule has 2 atom stereocenters. The van der Waals surface area contributed by atoms with Crippen LogP contribution in [0, 0.1) is 6.92 Å². The van der Waals surface area contributed by atoms with Crippen LogP contribution in [0.25, 0.3) is 0 Å². The molecule has 1 aromatic heterocycles. The molecule has 0 saturated carbocycles. The molecule has 0 spiro atoms. The second kappa shape index (κ2) is 5.55. The van der Waals surface area contributed by atoms with E-state index in [0.29, 0.717) is 12.1 Å². The van der Waals surface area contributed by atoms with Crippen molar-refractivity contribution < 1.29 is 9.90 Å². The van der Waals surface area contributed by atoms with E-state index in [4.69, 9.17) is 5.11 Å². The molecule has 1 rings (SSSR count). The van der Waals surface area contributed by atoms with Crippen molar-refractivity contribution in [1.29, 1.82) is 0 Å². The van der Waals surface area contributed by atoms with E-state index in [2.05, 4.69) is 15.3 Å². The van der Waals surface area contributed by atoms with E-state index in [1.54, 1.807) is 13.1 Å². The van der Waals surface area contributed by atoms with Gasteiger partial charge in [-0.25, -0.2) is 4.98 Å². The fourth-order valence-corrected chi connectivity index (χ4v) is 1.38. The van der Waals surface area contributed by atoms with Crippen molar-refractivity contribution in [3.05, 3.63) is 23.8 Å². The summed E-state index contributed by atoms with van der Waals surface area (Å²) in [6, 6.07) is -0.0874. The molecule has 1 heterocycles. The van der Waals surface area contributed by atoms with Crippen LogP contribution in [0.5, 0.6) is 0 Å². The molecule has 0 bridgehead atoms. The minimum absolute atomic E-state index is 0.0874. The highest BCUT2D eigenvalue weighted by Gasteiger charge is 2.12. The molecule has 5 nitrogen and oxygen atoms in total. The van der Waals surface area contributed by atoms with E-state index in [1.165, 1.54) is 6.20 Å². The van der Waals surface area contributed by atoms with Crippen molar-refractivity contribution in [1.82, 2.24) is 15.3 Å². The molecule has 0 aliphatic carbocycles. The zero-order valence-electron chi connectivity index (χ0n) is 9.77. The Kier molecular flexibility index (Phi) is 4.37. The van der Waals surface area contributed by atoms with E-state index in [1.807, 2.05) is 13.8 Å². The smallest absolute Gasteiger partial charge is 0.271 e. The van der Waals surface area contributed by atoms with Gasteiger partial charge < -0.3 is 10.4 Å². The molecule has 2 unspecified atom stereocenters. The summed E-state index contributed by atoms with van der Waals surface area (Å²) in [6.07, 6.45) is 3.08. The number of aliphatic hydroxyl groups excluding tert-OH is 1. The van der Waals surface area contributed by atoms with Gasteiger partial charge in [0.1, 0.15) is 5.69 Å². The van der Waals surface area contributed by atoms with E-state index in [9.17, 15) is 4.79 Å². The Hall–Kier alpha value is -1.49. The second-order valence-corrected chi connectivity index (χ2v) is 4.00. The molecule has 5 heteroatoms. The highest BCUT2D eigenvalue weighted by molar-refractivity contribution is 5.92. The number of aromatic nitrogens is 2. The summed E-state index contributed by atoms with van der Waals surface area (Å²) in [5, 5.41) is 11.9. The third-order valence-electron chi connectivity index (χ3n) is 2.09. The summed E-state index contributed by atoms with van der Waals surface area (Å²) in [6.45, 7) is 5.34. The molecule has 0 aromatic carbocycles. The zero-order chi connectivity index (χ0) is 12.1. The molecule has 0 radical (unpaired) electrons. The largest absolute Gasteiger partial charge is 0.393 e. The zero-order valence-corrected chi connectivity index (χ0v) is 9.77. The summed E-state index contributed by atoms with van der Waals surface area (Å²) in [4.78, 5) is 19.6. The number of amides is 1. The number of carbonyl (C=O) groups excluding carboxylic acids is 1. The molecule has 16 heavy (non-hydrogen) atoms. The molecule has 0 saturated heterocycles. The van der Waals surface area contributed by atoms with Gasteiger partial charge in [-0.2, -0.15) is 0 Å². The lowest BCUT2D eigenvalue weighted by Crippen LogP contribution is -2.35. The predicted octanol–water partition coefficient (Wildman–Crippen LogP) is 0.674. The van der Waals surface area contributed by atoms with Gasteiger partial charge in [-0.1, -0.05) is 0 Å². The Morgan fingerprint density at radius 1 is 1.44 bits per heavy atom. The van der Waals surface area contributed by atoms with Gasteiger partial charge in [0.25, 0.3) is 5.91 Å².